The number of hydrogen-bond acceptors (Lipinski definition) is 3. The molecule has 0 bridgehead atoms. The Morgan fingerprint density at radius 2 is 2.14 bits per heavy atom. The van der Waals surface area contributed by atoms with Crippen LogP contribution in [0.3, 0.4) is 0 Å². The zero-order chi connectivity index (χ0) is 15.8. The van der Waals surface area contributed by atoms with Crippen molar-refractivity contribution in [2.75, 3.05) is 6.54 Å². The zero-order valence-electron chi connectivity index (χ0n) is 11.3. The first-order valence-corrected chi connectivity index (χ1v) is 9.06. The lowest BCUT2D eigenvalue weighted by Gasteiger charge is -2.36. The highest BCUT2D eigenvalue weighted by Crippen LogP contribution is 2.32. The maximum Gasteiger partial charge on any atom is 0.308 e. The lowest BCUT2D eigenvalue weighted by Crippen LogP contribution is -2.48. The summed E-state index contributed by atoms with van der Waals surface area (Å²) in [6, 6.07) is 3.80. The molecule has 0 amide bonds. The van der Waals surface area contributed by atoms with Crippen LogP contribution in [0.4, 0.5) is 0 Å². The molecule has 1 fully saturated rings. The molecule has 1 aliphatic heterocycles. The summed E-state index contributed by atoms with van der Waals surface area (Å²) < 4.78 is 27.2. The van der Waals surface area contributed by atoms with Gasteiger partial charge in [-0.15, -0.1) is 0 Å². The maximum atomic E-state index is 12.7. The van der Waals surface area contributed by atoms with Crippen molar-refractivity contribution in [2.24, 2.45) is 5.92 Å². The first kappa shape index (κ1) is 16.7. The van der Waals surface area contributed by atoms with E-state index in [0.717, 1.165) is 0 Å². The molecule has 1 heterocycles. The molecule has 1 saturated heterocycles. The van der Waals surface area contributed by atoms with E-state index in [1.54, 1.807) is 6.92 Å². The SMILES string of the molecule is C[C@@H]1[C@H](C(=O)O)CCCN1S(=O)(=O)c1ccc(Cl)c(Br)c1. The maximum absolute atomic E-state index is 12.7. The highest BCUT2D eigenvalue weighted by atomic mass is 79.9. The second-order valence-electron chi connectivity index (χ2n) is 5.02. The minimum Gasteiger partial charge on any atom is -0.481 e. The highest BCUT2D eigenvalue weighted by Gasteiger charge is 2.39. The number of carboxylic acids is 1. The van der Waals surface area contributed by atoms with Gasteiger partial charge in [0.25, 0.3) is 0 Å². The van der Waals surface area contributed by atoms with Gasteiger partial charge in [0.1, 0.15) is 0 Å². The Kier molecular flexibility index (Phi) is 4.97. The van der Waals surface area contributed by atoms with Gasteiger partial charge in [-0.3, -0.25) is 4.79 Å². The van der Waals surface area contributed by atoms with E-state index in [4.69, 9.17) is 11.6 Å². The molecule has 2 rings (SSSR count). The molecule has 116 valence electrons. The Labute approximate surface area is 137 Å². The van der Waals surface area contributed by atoms with E-state index in [-0.39, 0.29) is 4.90 Å². The van der Waals surface area contributed by atoms with E-state index < -0.39 is 28.0 Å². The number of carbonyl (C=O) groups is 1. The van der Waals surface area contributed by atoms with Gasteiger partial charge < -0.3 is 5.11 Å². The second-order valence-corrected chi connectivity index (χ2v) is 8.17. The third-order valence-electron chi connectivity index (χ3n) is 3.75. The van der Waals surface area contributed by atoms with Gasteiger partial charge in [0, 0.05) is 17.1 Å². The predicted octanol–water partition coefficient (Wildman–Crippen LogP) is 2.98. The van der Waals surface area contributed by atoms with Crippen LogP contribution in [-0.4, -0.2) is 36.4 Å². The molecule has 8 heteroatoms. The Hall–Kier alpha value is -0.630. The van der Waals surface area contributed by atoms with Crippen LogP contribution in [0.25, 0.3) is 0 Å². The molecule has 0 radical (unpaired) electrons. The van der Waals surface area contributed by atoms with Crippen LogP contribution in [0.1, 0.15) is 19.8 Å². The van der Waals surface area contributed by atoms with Crippen molar-refractivity contribution in [1.29, 1.82) is 0 Å². The summed E-state index contributed by atoms with van der Waals surface area (Å²) >= 11 is 9.08. The fourth-order valence-electron chi connectivity index (χ4n) is 2.55. The molecule has 21 heavy (non-hydrogen) atoms. The minimum absolute atomic E-state index is 0.108. The lowest BCUT2D eigenvalue weighted by atomic mass is 9.92. The predicted molar refractivity (Wildman–Crippen MR) is 82.9 cm³/mol. The molecule has 1 aromatic rings. The minimum atomic E-state index is -3.74. The van der Waals surface area contributed by atoms with Crippen LogP contribution >= 0.6 is 27.5 Å². The van der Waals surface area contributed by atoms with Crippen LogP contribution < -0.4 is 0 Å². The molecule has 2 atom stereocenters. The van der Waals surface area contributed by atoms with E-state index in [9.17, 15) is 18.3 Å². The van der Waals surface area contributed by atoms with E-state index in [1.165, 1.54) is 22.5 Å². The van der Waals surface area contributed by atoms with Crippen molar-refractivity contribution in [3.8, 4) is 0 Å². The molecular weight excluding hydrogens is 382 g/mol. The smallest absolute Gasteiger partial charge is 0.308 e. The molecule has 0 unspecified atom stereocenters. The third-order valence-corrected chi connectivity index (χ3v) is 6.94. The van der Waals surface area contributed by atoms with E-state index in [1.807, 2.05) is 0 Å². The van der Waals surface area contributed by atoms with Crippen molar-refractivity contribution < 1.29 is 18.3 Å². The Morgan fingerprint density at radius 1 is 1.48 bits per heavy atom. The summed E-state index contributed by atoms with van der Waals surface area (Å²) in [5, 5.41) is 9.62. The van der Waals surface area contributed by atoms with Crippen LogP contribution in [-0.2, 0) is 14.8 Å². The largest absolute Gasteiger partial charge is 0.481 e. The number of hydrogen-bond donors (Lipinski definition) is 1. The van der Waals surface area contributed by atoms with Crippen LogP contribution in [0, 0.1) is 5.92 Å². The lowest BCUT2D eigenvalue weighted by molar-refractivity contribution is -0.144. The third kappa shape index (κ3) is 3.26. The van der Waals surface area contributed by atoms with Gasteiger partial charge in [0.2, 0.25) is 10.0 Å². The quantitative estimate of drug-likeness (QED) is 0.852. The summed E-state index contributed by atoms with van der Waals surface area (Å²) in [6.07, 6.45) is 1.03. The van der Waals surface area contributed by atoms with Gasteiger partial charge in [0.15, 0.2) is 0 Å². The van der Waals surface area contributed by atoms with Gasteiger partial charge in [-0.2, -0.15) is 4.31 Å². The molecule has 1 aromatic carbocycles. The van der Waals surface area contributed by atoms with Crippen LogP contribution in [0.5, 0.6) is 0 Å². The molecule has 0 saturated carbocycles. The normalized spacial score (nSPS) is 24.0. The average Bonchev–Trinajstić information content (AvgIpc) is 2.41. The van der Waals surface area contributed by atoms with Crippen molar-refractivity contribution in [2.45, 2.75) is 30.7 Å². The average molecular weight is 397 g/mol. The van der Waals surface area contributed by atoms with Gasteiger partial charge in [0.05, 0.1) is 15.8 Å². The number of sulfonamides is 1. The van der Waals surface area contributed by atoms with Crippen molar-refractivity contribution in [3.05, 3.63) is 27.7 Å². The molecule has 0 spiro atoms. The van der Waals surface area contributed by atoms with Crippen molar-refractivity contribution in [1.82, 2.24) is 4.31 Å². The van der Waals surface area contributed by atoms with Gasteiger partial charge in [-0.25, -0.2) is 8.42 Å². The van der Waals surface area contributed by atoms with Gasteiger partial charge >= 0.3 is 5.97 Å². The zero-order valence-corrected chi connectivity index (χ0v) is 14.4. The van der Waals surface area contributed by atoms with Gasteiger partial charge in [-0.1, -0.05) is 11.6 Å². The van der Waals surface area contributed by atoms with Crippen LogP contribution in [0.2, 0.25) is 5.02 Å². The van der Waals surface area contributed by atoms with Gasteiger partial charge in [-0.05, 0) is 53.9 Å². The molecule has 1 N–H and O–H groups in total. The topological polar surface area (TPSA) is 74.7 Å². The monoisotopic (exact) mass is 395 g/mol. The summed E-state index contributed by atoms with van der Waals surface area (Å²) in [5.74, 6) is -1.64. The number of aliphatic carboxylic acids is 1. The Morgan fingerprint density at radius 3 is 2.71 bits per heavy atom. The van der Waals surface area contributed by atoms with Crippen molar-refractivity contribution in [3.63, 3.8) is 0 Å². The summed E-state index contributed by atoms with van der Waals surface area (Å²) in [5.41, 5.74) is 0. The molecular formula is C13H15BrClNO4S. The summed E-state index contributed by atoms with van der Waals surface area (Å²) in [7, 11) is -3.74. The fraction of sp³-hybridized carbons (Fsp3) is 0.462. The number of nitrogens with zero attached hydrogens (tertiary/aromatic N) is 1. The van der Waals surface area contributed by atoms with Crippen molar-refractivity contribution >= 4 is 43.5 Å². The van der Waals surface area contributed by atoms with Crippen LogP contribution in [0.15, 0.2) is 27.6 Å². The van der Waals surface area contributed by atoms with E-state index in [0.29, 0.717) is 28.9 Å². The summed E-state index contributed by atoms with van der Waals surface area (Å²) in [4.78, 5) is 11.3. The number of piperidine rings is 1. The number of halogens is 2. The highest BCUT2D eigenvalue weighted by molar-refractivity contribution is 9.10. The molecule has 5 nitrogen and oxygen atoms in total. The van der Waals surface area contributed by atoms with E-state index >= 15 is 0 Å². The Balaban J connectivity index is 2.38. The standard InChI is InChI=1S/C13H15BrClNO4S/c1-8-10(13(17)18)3-2-6-16(8)21(19,20)9-4-5-12(15)11(14)7-9/h4-5,7-8,10H,2-3,6H2,1H3,(H,17,18)/t8-,10-/m1/s1. The Bertz CT molecular complexity index is 664. The molecule has 0 aromatic heterocycles. The number of rotatable bonds is 3. The summed E-state index contributed by atoms with van der Waals surface area (Å²) in [6.45, 7) is 1.97. The number of benzene rings is 1. The fourth-order valence-corrected chi connectivity index (χ4v) is 4.93. The van der Waals surface area contributed by atoms with E-state index in [2.05, 4.69) is 15.9 Å². The molecule has 1 aliphatic rings. The first-order chi connectivity index (χ1) is 9.75. The molecule has 0 aliphatic carbocycles. The first-order valence-electron chi connectivity index (χ1n) is 6.45. The number of carboxylic acid groups (broad SMARTS) is 1. The second kappa shape index (κ2) is 6.24.